The van der Waals surface area contributed by atoms with Crippen molar-refractivity contribution in [2.24, 2.45) is 0 Å². The summed E-state index contributed by atoms with van der Waals surface area (Å²) in [5.41, 5.74) is 2.10. The Morgan fingerprint density at radius 1 is 1.33 bits per heavy atom. The lowest BCUT2D eigenvalue weighted by atomic mass is 10.1. The molecule has 0 bridgehead atoms. The molecule has 2 aromatic rings. The fourth-order valence-electron chi connectivity index (χ4n) is 1.66. The van der Waals surface area contributed by atoms with Gasteiger partial charge in [-0.25, -0.2) is 9.78 Å². The van der Waals surface area contributed by atoms with Gasteiger partial charge < -0.3 is 10.0 Å². The number of rotatable bonds is 3. The largest absolute Gasteiger partial charge is 0.476 e. The van der Waals surface area contributed by atoms with E-state index in [1.54, 1.807) is 0 Å². The molecule has 0 unspecified atom stereocenters. The molecule has 2 rings (SSSR count). The van der Waals surface area contributed by atoms with E-state index in [4.69, 9.17) is 0 Å². The van der Waals surface area contributed by atoms with Crippen LogP contribution in [-0.2, 0) is 0 Å². The van der Waals surface area contributed by atoms with Crippen molar-refractivity contribution >= 4 is 22.4 Å². The number of carboxylic acid groups (broad SMARTS) is 1. The normalized spacial score (nSPS) is 10.4. The first kappa shape index (κ1) is 12.6. The van der Waals surface area contributed by atoms with Gasteiger partial charge in [-0.05, 0) is 18.1 Å². The summed E-state index contributed by atoms with van der Waals surface area (Å²) in [5, 5.41) is 9.94. The van der Waals surface area contributed by atoms with E-state index < -0.39 is 5.97 Å². The van der Waals surface area contributed by atoms with E-state index >= 15 is 0 Å². The van der Waals surface area contributed by atoms with E-state index in [1.165, 1.54) is 11.3 Å². The average Bonchev–Trinajstić information content (AvgIpc) is 2.74. The summed E-state index contributed by atoms with van der Waals surface area (Å²) in [6.07, 6.45) is 0. The molecule has 1 heterocycles. The van der Waals surface area contributed by atoms with Crippen molar-refractivity contribution in [2.45, 2.75) is 6.92 Å². The van der Waals surface area contributed by atoms with Gasteiger partial charge in [0.25, 0.3) is 0 Å². The van der Waals surface area contributed by atoms with Gasteiger partial charge in [0.05, 0.1) is 4.88 Å². The predicted octanol–water partition coefficient (Wildman–Crippen LogP) is 2.88. The van der Waals surface area contributed by atoms with Crippen LogP contribution in [0.25, 0.3) is 10.4 Å². The summed E-state index contributed by atoms with van der Waals surface area (Å²) in [4.78, 5) is 18.0. The lowest BCUT2D eigenvalue weighted by Gasteiger charge is -2.05. The second-order valence-electron chi connectivity index (χ2n) is 4.19. The van der Waals surface area contributed by atoms with E-state index in [0.717, 1.165) is 11.1 Å². The van der Waals surface area contributed by atoms with E-state index in [9.17, 15) is 9.90 Å². The molecule has 0 aliphatic rings. The molecule has 1 aromatic heterocycles. The summed E-state index contributed by atoms with van der Waals surface area (Å²) in [6, 6.07) is 7.74. The first-order valence-electron chi connectivity index (χ1n) is 5.48. The molecule has 0 fully saturated rings. The van der Waals surface area contributed by atoms with Gasteiger partial charge in [0, 0.05) is 14.1 Å². The highest BCUT2D eigenvalue weighted by atomic mass is 32.1. The quantitative estimate of drug-likeness (QED) is 0.924. The molecule has 1 aromatic carbocycles. The molecular formula is C13H14N2O2S. The van der Waals surface area contributed by atoms with Crippen LogP contribution in [0.4, 0.5) is 5.13 Å². The Morgan fingerprint density at radius 3 is 2.56 bits per heavy atom. The van der Waals surface area contributed by atoms with Crippen LogP contribution >= 0.6 is 11.3 Å². The highest BCUT2D eigenvalue weighted by molar-refractivity contribution is 7.19. The summed E-state index contributed by atoms with van der Waals surface area (Å²) in [7, 11) is 3.71. The highest BCUT2D eigenvalue weighted by Crippen LogP contribution is 2.35. The molecule has 0 atom stereocenters. The molecular weight excluding hydrogens is 248 g/mol. The van der Waals surface area contributed by atoms with Crippen molar-refractivity contribution in [1.82, 2.24) is 4.98 Å². The third kappa shape index (κ3) is 2.22. The van der Waals surface area contributed by atoms with Crippen LogP contribution in [0, 0.1) is 6.92 Å². The summed E-state index contributed by atoms with van der Waals surface area (Å²) >= 11 is 1.40. The standard InChI is InChI=1S/C13H14N2O2S/c1-8-6-4-5-7-9(8)11-10(12(16)17)14-13(18-11)15(2)3/h4-7H,1-3H3,(H,16,17). The van der Waals surface area contributed by atoms with E-state index in [1.807, 2.05) is 50.2 Å². The van der Waals surface area contributed by atoms with Crippen LogP contribution < -0.4 is 4.90 Å². The number of benzene rings is 1. The Bertz CT molecular complexity index is 590. The lowest BCUT2D eigenvalue weighted by molar-refractivity contribution is 0.0692. The number of thiazole rings is 1. The zero-order chi connectivity index (χ0) is 13.3. The van der Waals surface area contributed by atoms with E-state index in [2.05, 4.69) is 4.98 Å². The highest BCUT2D eigenvalue weighted by Gasteiger charge is 2.20. The van der Waals surface area contributed by atoms with E-state index in [0.29, 0.717) is 10.0 Å². The second kappa shape index (κ2) is 4.78. The summed E-state index contributed by atoms with van der Waals surface area (Å²) in [5.74, 6) is -0.988. The molecule has 94 valence electrons. The van der Waals surface area contributed by atoms with Gasteiger partial charge in [-0.3, -0.25) is 0 Å². The molecule has 0 saturated carbocycles. The van der Waals surface area contributed by atoms with Gasteiger partial charge in [0.2, 0.25) is 0 Å². The molecule has 1 N–H and O–H groups in total. The predicted molar refractivity (Wildman–Crippen MR) is 73.6 cm³/mol. The van der Waals surface area contributed by atoms with E-state index in [-0.39, 0.29) is 5.69 Å². The Kier molecular flexibility index (Phi) is 3.34. The van der Waals surface area contributed by atoms with Crippen molar-refractivity contribution in [3.63, 3.8) is 0 Å². The second-order valence-corrected chi connectivity index (χ2v) is 5.17. The molecule has 0 saturated heterocycles. The first-order chi connectivity index (χ1) is 8.50. The van der Waals surface area contributed by atoms with Crippen molar-refractivity contribution in [3.05, 3.63) is 35.5 Å². The van der Waals surface area contributed by atoms with Crippen molar-refractivity contribution in [3.8, 4) is 10.4 Å². The third-order valence-corrected chi connectivity index (χ3v) is 3.85. The van der Waals surface area contributed by atoms with Gasteiger partial charge in [-0.1, -0.05) is 35.6 Å². The van der Waals surface area contributed by atoms with Gasteiger partial charge in [0.1, 0.15) is 0 Å². The Balaban J connectivity index is 2.63. The first-order valence-corrected chi connectivity index (χ1v) is 6.30. The van der Waals surface area contributed by atoms with Crippen LogP contribution in [-0.4, -0.2) is 30.2 Å². The van der Waals surface area contributed by atoms with Crippen molar-refractivity contribution in [2.75, 3.05) is 19.0 Å². The number of aromatic nitrogens is 1. The van der Waals surface area contributed by atoms with Crippen LogP contribution in [0.1, 0.15) is 16.1 Å². The minimum atomic E-state index is -0.988. The number of hydrogen-bond acceptors (Lipinski definition) is 4. The lowest BCUT2D eigenvalue weighted by Crippen LogP contribution is -2.08. The number of aromatic carboxylic acids is 1. The van der Waals surface area contributed by atoms with Crippen LogP contribution in [0.3, 0.4) is 0 Å². The Hall–Kier alpha value is -1.88. The van der Waals surface area contributed by atoms with Crippen molar-refractivity contribution in [1.29, 1.82) is 0 Å². The Labute approximate surface area is 110 Å². The van der Waals surface area contributed by atoms with Crippen LogP contribution in [0.2, 0.25) is 0 Å². The number of aryl methyl sites for hydroxylation is 1. The van der Waals surface area contributed by atoms with Crippen LogP contribution in [0.5, 0.6) is 0 Å². The van der Waals surface area contributed by atoms with Gasteiger partial charge >= 0.3 is 5.97 Å². The molecule has 5 heteroatoms. The average molecular weight is 262 g/mol. The number of hydrogen-bond donors (Lipinski definition) is 1. The maximum Gasteiger partial charge on any atom is 0.356 e. The Morgan fingerprint density at radius 2 is 2.00 bits per heavy atom. The maximum absolute atomic E-state index is 11.3. The monoisotopic (exact) mass is 262 g/mol. The maximum atomic E-state index is 11.3. The van der Waals surface area contributed by atoms with Crippen molar-refractivity contribution < 1.29 is 9.90 Å². The van der Waals surface area contributed by atoms with Gasteiger partial charge in [-0.15, -0.1) is 0 Å². The number of carboxylic acids is 1. The zero-order valence-corrected chi connectivity index (χ0v) is 11.3. The third-order valence-electron chi connectivity index (χ3n) is 2.59. The molecule has 18 heavy (non-hydrogen) atoms. The van der Waals surface area contributed by atoms with Gasteiger partial charge in [-0.2, -0.15) is 0 Å². The zero-order valence-electron chi connectivity index (χ0n) is 10.5. The number of anilines is 1. The number of nitrogens with zero attached hydrogens (tertiary/aromatic N) is 2. The molecule has 0 aliphatic heterocycles. The minimum Gasteiger partial charge on any atom is -0.476 e. The number of carbonyl (C=O) groups is 1. The minimum absolute atomic E-state index is 0.123. The molecule has 0 amide bonds. The van der Waals surface area contributed by atoms with Gasteiger partial charge in [0.15, 0.2) is 10.8 Å². The smallest absolute Gasteiger partial charge is 0.356 e. The molecule has 4 nitrogen and oxygen atoms in total. The van der Waals surface area contributed by atoms with Crippen LogP contribution in [0.15, 0.2) is 24.3 Å². The molecule has 0 spiro atoms. The summed E-state index contributed by atoms with van der Waals surface area (Å²) in [6.45, 7) is 1.97. The topological polar surface area (TPSA) is 53.4 Å². The fourth-order valence-corrected chi connectivity index (χ4v) is 2.73. The summed E-state index contributed by atoms with van der Waals surface area (Å²) < 4.78 is 0. The fraction of sp³-hybridized carbons (Fsp3) is 0.231. The molecule has 0 aliphatic carbocycles. The molecule has 0 radical (unpaired) electrons. The SMILES string of the molecule is Cc1ccccc1-c1sc(N(C)C)nc1C(=O)O.